The van der Waals surface area contributed by atoms with Crippen LogP contribution in [0.2, 0.25) is 0 Å². The third-order valence-corrected chi connectivity index (χ3v) is 1.26. The molecule has 1 aromatic carbocycles. The van der Waals surface area contributed by atoms with Gasteiger partial charge in [0, 0.05) is 0 Å². The number of hydrogen-bond donors (Lipinski definition) is 0. The fraction of sp³-hybridized carbons (Fsp3) is 0.250. The molecule has 13 heavy (non-hydrogen) atoms. The van der Waals surface area contributed by atoms with Gasteiger partial charge in [-0.25, -0.2) is 0 Å². The average Bonchev–Trinajstić information content (AvgIpc) is 2.04. The molecule has 0 aromatic heterocycles. The number of nitrogens with zero attached hydrogens (tertiary/aromatic N) is 1. The van der Waals surface area contributed by atoms with Crippen LogP contribution < -0.4 is 5.48 Å². The van der Waals surface area contributed by atoms with Crippen molar-refractivity contribution in [3.8, 4) is 0 Å². The Hall–Kier alpha value is -1.07. The second-order valence-corrected chi connectivity index (χ2v) is 2.31. The van der Waals surface area contributed by atoms with Crippen molar-refractivity contribution in [2.75, 3.05) is 0 Å². The number of benzene rings is 1. The van der Waals surface area contributed by atoms with Crippen molar-refractivity contribution >= 4 is 0 Å². The summed E-state index contributed by atoms with van der Waals surface area (Å²) in [7, 11) is 0. The molecule has 0 N–H and O–H groups in total. The van der Waals surface area contributed by atoms with E-state index in [-0.39, 0.29) is 6.54 Å². The lowest BCUT2D eigenvalue weighted by Crippen LogP contribution is -2.19. The average molecular weight is 190 g/mol. The third kappa shape index (κ3) is 4.49. The number of halogens is 3. The zero-order chi connectivity index (χ0) is 9.73. The minimum Gasteiger partial charge on any atom is -0.182 e. The first kappa shape index (κ1) is 10.0. The maximum absolute atomic E-state index is 11.4. The maximum Gasteiger partial charge on any atom is 0.540 e. The Labute approximate surface area is 73.3 Å². The highest BCUT2D eigenvalue weighted by Gasteiger charge is 2.30. The zero-order valence-electron chi connectivity index (χ0n) is 6.58. The summed E-state index contributed by atoms with van der Waals surface area (Å²) in [6, 6.07) is 8.55. The van der Waals surface area contributed by atoms with Crippen LogP contribution in [-0.2, 0) is 11.4 Å². The smallest absolute Gasteiger partial charge is 0.182 e. The second kappa shape index (κ2) is 4.25. The Balaban J connectivity index is 2.29. The SMILES string of the molecule is FC(F)(F)O[N]Cc1ccccc1. The van der Waals surface area contributed by atoms with Crippen molar-refractivity contribution in [2.45, 2.75) is 12.9 Å². The van der Waals surface area contributed by atoms with E-state index >= 15 is 0 Å². The third-order valence-electron chi connectivity index (χ3n) is 1.26. The van der Waals surface area contributed by atoms with E-state index < -0.39 is 6.36 Å². The highest BCUT2D eigenvalue weighted by atomic mass is 19.4. The number of rotatable bonds is 3. The van der Waals surface area contributed by atoms with Gasteiger partial charge < -0.3 is 0 Å². The van der Waals surface area contributed by atoms with Crippen molar-refractivity contribution in [2.24, 2.45) is 0 Å². The fourth-order valence-corrected chi connectivity index (χ4v) is 0.763. The summed E-state index contributed by atoms with van der Waals surface area (Å²) >= 11 is 0. The van der Waals surface area contributed by atoms with E-state index in [0.717, 1.165) is 0 Å². The summed E-state index contributed by atoms with van der Waals surface area (Å²) in [6.07, 6.45) is -4.69. The molecule has 0 unspecified atom stereocenters. The molecule has 1 aromatic rings. The van der Waals surface area contributed by atoms with Gasteiger partial charge >= 0.3 is 6.36 Å². The van der Waals surface area contributed by atoms with Crippen LogP contribution in [0.3, 0.4) is 0 Å². The van der Waals surface area contributed by atoms with Crippen LogP contribution in [0.25, 0.3) is 0 Å². The molecule has 1 rings (SSSR count). The molecule has 0 fully saturated rings. The lowest BCUT2D eigenvalue weighted by molar-refractivity contribution is -0.354. The van der Waals surface area contributed by atoms with Gasteiger partial charge in [0.2, 0.25) is 0 Å². The van der Waals surface area contributed by atoms with Gasteiger partial charge in [0.25, 0.3) is 0 Å². The van der Waals surface area contributed by atoms with Gasteiger partial charge in [-0.05, 0) is 5.56 Å². The summed E-state index contributed by atoms with van der Waals surface area (Å²) in [5.41, 5.74) is 3.56. The first-order valence-corrected chi connectivity index (χ1v) is 3.53. The second-order valence-electron chi connectivity index (χ2n) is 2.31. The molecule has 0 heterocycles. The van der Waals surface area contributed by atoms with E-state index in [9.17, 15) is 13.2 Å². The quantitative estimate of drug-likeness (QED) is 0.670. The first-order valence-electron chi connectivity index (χ1n) is 3.53. The normalized spacial score (nSPS) is 11.6. The molecule has 0 aliphatic heterocycles. The van der Waals surface area contributed by atoms with E-state index in [0.29, 0.717) is 5.56 Å². The van der Waals surface area contributed by atoms with Crippen molar-refractivity contribution in [3.05, 3.63) is 35.9 Å². The molecular weight excluding hydrogens is 183 g/mol. The number of alkyl halides is 3. The first-order chi connectivity index (χ1) is 6.08. The molecule has 0 aliphatic rings. The highest BCUT2D eigenvalue weighted by molar-refractivity contribution is 5.13. The summed E-state index contributed by atoms with van der Waals surface area (Å²) in [5.74, 6) is 0. The van der Waals surface area contributed by atoms with Gasteiger partial charge in [0.1, 0.15) is 0 Å². The van der Waals surface area contributed by atoms with Crippen molar-refractivity contribution in [1.29, 1.82) is 0 Å². The molecular formula is C8H7F3NO. The molecule has 5 heteroatoms. The van der Waals surface area contributed by atoms with Crippen LogP contribution in [0.5, 0.6) is 0 Å². The maximum atomic E-state index is 11.4. The Kier molecular flexibility index (Phi) is 3.27. The molecule has 0 spiro atoms. The molecule has 71 valence electrons. The van der Waals surface area contributed by atoms with Crippen LogP contribution in [0.4, 0.5) is 13.2 Å². The highest BCUT2D eigenvalue weighted by Crippen LogP contribution is 2.15. The predicted molar refractivity (Wildman–Crippen MR) is 39.4 cm³/mol. The minimum absolute atomic E-state index is 0.0969. The Morgan fingerprint density at radius 1 is 1.15 bits per heavy atom. The van der Waals surface area contributed by atoms with Crippen LogP contribution in [0.15, 0.2) is 30.3 Å². The molecule has 0 amide bonds. The molecule has 1 radical (unpaired) electrons. The van der Waals surface area contributed by atoms with E-state index in [4.69, 9.17) is 0 Å². The van der Waals surface area contributed by atoms with Gasteiger partial charge in [0.05, 0.1) is 6.54 Å². The molecule has 0 saturated heterocycles. The molecule has 2 nitrogen and oxygen atoms in total. The van der Waals surface area contributed by atoms with Crippen molar-refractivity contribution in [3.63, 3.8) is 0 Å². The lowest BCUT2D eigenvalue weighted by Gasteiger charge is -2.05. The predicted octanol–water partition coefficient (Wildman–Crippen LogP) is 2.24. The lowest BCUT2D eigenvalue weighted by atomic mass is 10.2. The van der Waals surface area contributed by atoms with Crippen LogP contribution in [-0.4, -0.2) is 6.36 Å². The summed E-state index contributed by atoms with van der Waals surface area (Å²) in [5, 5.41) is 0. The monoisotopic (exact) mass is 190 g/mol. The molecule has 0 saturated carbocycles. The van der Waals surface area contributed by atoms with E-state index in [2.05, 4.69) is 10.3 Å². The summed E-state index contributed by atoms with van der Waals surface area (Å²) in [4.78, 5) is 3.26. The van der Waals surface area contributed by atoms with E-state index in [1.54, 1.807) is 30.3 Å². The summed E-state index contributed by atoms with van der Waals surface area (Å²) < 4.78 is 34.3. The van der Waals surface area contributed by atoms with Gasteiger partial charge in [-0.1, -0.05) is 35.8 Å². The van der Waals surface area contributed by atoms with Crippen LogP contribution in [0, 0.1) is 0 Å². The van der Waals surface area contributed by atoms with E-state index in [1.807, 2.05) is 0 Å². The Morgan fingerprint density at radius 3 is 2.31 bits per heavy atom. The van der Waals surface area contributed by atoms with Gasteiger partial charge in [-0.2, -0.15) is 4.84 Å². The molecule has 0 bridgehead atoms. The van der Waals surface area contributed by atoms with E-state index in [1.165, 1.54) is 0 Å². The van der Waals surface area contributed by atoms with Gasteiger partial charge in [-0.15, -0.1) is 13.2 Å². The number of hydrogen-bond acceptors (Lipinski definition) is 1. The Bertz CT molecular complexity index is 247. The minimum atomic E-state index is -4.69. The standard InChI is InChI=1S/C8H7F3NO/c9-8(10,11)13-12-6-7-4-2-1-3-5-7/h1-5H,6H2. The Morgan fingerprint density at radius 2 is 1.77 bits per heavy atom. The largest absolute Gasteiger partial charge is 0.540 e. The van der Waals surface area contributed by atoms with Crippen molar-refractivity contribution < 1.29 is 18.0 Å². The van der Waals surface area contributed by atoms with Crippen molar-refractivity contribution in [1.82, 2.24) is 5.48 Å². The van der Waals surface area contributed by atoms with Gasteiger partial charge in [0.15, 0.2) is 0 Å². The molecule has 0 atom stereocenters. The van der Waals surface area contributed by atoms with Crippen LogP contribution >= 0.6 is 0 Å². The summed E-state index contributed by atoms with van der Waals surface area (Å²) in [6.45, 7) is -0.0969. The topological polar surface area (TPSA) is 23.3 Å². The fourth-order valence-electron chi connectivity index (χ4n) is 0.763. The molecule has 0 aliphatic carbocycles. The number of hydroxylamine groups is 1. The van der Waals surface area contributed by atoms with Crippen LogP contribution in [0.1, 0.15) is 5.56 Å². The van der Waals surface area contributed by atoms with Gasteiger partial charge in [-0.3, -0.25) is 0 Å². The zero-order valence-corrected chi connectivity index (χ0v) is 6.58.